The van der Waals surface area contributed by atoms with Crippen LogP contribution in [0.3, 0.4) is 0 Å². The Morgan fingerprint density at radius 2 is 1.44 bits per heavy atom. The fourth-order valence-corrected chi connectivity index (χ4v) is 4.29. The normalized spacial score (nSPS) is 14.3. The molecule has 0 saturated carbocycles. The molecule has 0 radical (unpaired) electrons. The third-order valence-electron chi connectivity index (χ3n) is 6.42. The summed E-state index contributed by atoms with van der Waals surface area (Å²) in [6.45, 7) is 5.75. The van der Waals surface area contributed by atoms with E-state index in [2.05, 4.69) is 20.5 Å². The van der Waals surface area contributed by atoms with Gasteiger partial charge in [0.25, 0.3) is 11.8 Å². The van der Waals surface area contributed by atoms with Gasteiger partial charge in [-0.15, -0.1) is 10.2 Å². The monoisotopic (exact) mass is 619 g/mol. The maximum atomic E-state index is 8.61. The van der Waals surface area contributed by atoms with Crippen LogP contribution in [0.4, 0.5) is 11.4 Å². The quantitative estimate of drug-likeness (QED) is 0.149. The van der Waals surface area contributed by atoms with Gasteiger partial charge in [0, 0.05) is 26.1 Å². The minimum atomic E-state index is 0.0659. The Morgan fingerprint density at radius 3 is 2.18 bits per heavy atom. The van der Waals surface area contributed by atoms with Gasteiger partial charge in [0.15, 0.2) is 17.4 Å². The molecule has 4 aromatic heterocycles. The van der Waals surface area contributed by atoms with Gasteiger partial charge in [-0.1, -0.05) is 12.1 Å². The minimum Gasteiger partial charge on any atom is -0.473 e. The molecule has 45 heavy (non-hydrogen) atoms. The summed E-state index contributed by atoms with van der Waals surface area (Å²) >= 11 is 0. The molecule has 0 aliphatic carbocycles. The predicted molar refractivity (Wildman–Crippen MR) is 170 cm³/mol. The number of aromatic nitrogens is 4. The standard InChI is InChI=1S/C30H37N9O6/c1-3-41-14-15-43-17-19-45-30-26(24-9-5-7-11-39(24)37-30)34-28-22(32)20-21(31)27(35-28)33-25-23-8-4-6-10-38(23)36-29(25)44-18-16-42-13-12-40-2/h4-11,20,31H,3,12-19,32H2,1-2H3,(H,33,34,35). The Kier molecular flexibility index (Phi) is 11.1. The summed E-state index contributed by atoms with van der Waals surface area (Å²) < 4.78 is 36.6. The first kappa shape index (κ1) is 31.6. The van der Waals surface area contributed by atoms with E-state index in [-0.39, 0.29) is 36.3 Å². The lowest BCUT2D eigenvalue weighted by Gasteiger charge is -2.15. The first-order valence-corrected chi connectivity index (χ1v) is 14.5. The molecule has 5 heterocycles. The van der Waals surface area contributed by atoms with Crippen molar-refractivity contribution in [3.63, 3.8) is 0 Å². The number of aliphatic imine (C=N–C) groups is 2. The number of pyridine rings is 2. The van der Waals surface area contributed by atoms with Crippen LogP contribution in [0.5, 0.6) is 11.8 Å². The van der Waals surface area contributed by atoms with Gasteiger partial charge in [-0.3, -0.25) is 5.41 Å². The van der Waals surface area contributed by atoms with Gasteiger partial charge < -0.3 is 39.5 Å². The van der Waals surface area contributed by atoms with E-state index in [4.69, 9.17) is 44.6 Å². The molecule has 4 aromatic rings. The zero-order valence-electron chi connectivity index (χ0n) is 25.3. The third kappa shape index (κ3) is 8.02. The molecule has 0 spiro atoms. The molecule has 1 aliphatic rings. The molecule has 0 amide bonds. The lowest BCUT2D eigenvalue weighted by atomic mass is 10.2. The van der Waals surface area contributed by atoms with Gasteiger partial charge in [-0.25, -0.2) is 19.0 Å². The van der Waals surface area contributed by atoms with Crippen LogP contribution >= 0.6 is 0 Å². The average molecular weight is 620 g/mol. The van der Waals surface area contributed by atoms with Crippen LogP contribution in [0.25, 0.3) is 11.0 Å². The van der Waals surface area contributed by atoms with Gasteiger partial charge >= 0.3 is 0 Å². The Bertz CT molecular complexity index is 1690. The second-order valence-electron chi connectivity index (χ2n) is 9.54. The summed E-state index contributed by atoms with van der Waals surface area (Å²) in [5.41, 5.74) is 9.01. The van der Waals surface area contributed by atoms with Crippen LogP contribution < -0.4 is 20.5 Å². The van der Waals surface area contributed by atoms with E-state index in [9.17, 15) is 0 Å². The van der Waals surface area contributed by atoms with Gasteiger partial charge in [-0.05, 0) is 37.3 Å². The van der Waals surface area contributed by atoms with Crippen molar-refractivity contribution in [2.45, 2.75) is 6.92 Å². The van der Waals surface area contributed by atoms with Crippen molar-refractivity contribution in [2.24, 2.45) is 15.7 Å². The Labute approximate surface area is 259 Å². The van der Waals surface area contributed by atoms with Crippen molar-refractivity contribution in [3.8, 4) is 11.8 Å². The van der Waals surface area contributed by atoms with Crippen molar-refractivity contribution in [2.75, 3.05) is 71.9 Å². The van der Waals surface area contributed by atoms with E-state index >= 15 is 0 Å². The molecule has 0 aromatic carbocycles. The molecular weight excluding hydrogens is 582 g/mol. The Morgan fingerprint density at radius 1 is 0.822 bits per heavy atom. The zero-order chi connectivity index (χ0) is 31.4. The van der Waals surface area contributed by atoms with Crippen molar-refractivity contribution in [1.29, 1.82) is 5.41 Å². The predicted octanol–water partition coefficient (Wildman–Crippen LogP) is 2.87. The first-order chi connectivity index (χ1) is 22.1. The number of hydrogen-bond acceptors (Lipinski definition) is 12. The summed E-state index contributed by atoms with van der Waals surface area (Å²) in [5, 5.41) is 20.9. The largest absolute Gasteiger partial charge is 0.473 e. The molecule has 4 N–H and O–H groups in total. The fourth-order valence-electron chi connectivity index (χ4n) is 4.29. The summed E-state index contributed by atoms with van der Waals surface area (Å²) in [4.78, 5) is 9.39. The number of nitrogens with two attached hydrogens (primary N) is 1. The van der Waals surface area contributed by atoms with E-state index in [0.717, 1.165) is 5.52 Å². The number of hydrogen-bond donors (Lipinski definition) is 3. The minimum absolute atomic E-state index is 0.0659. The van der Waals surface area contributed by atoms with E-state index in [1.165, 1.54) is 6.08 Å². The smallest absolute Gasteiger partial charge is 0.260 e. The number of rotatable bonds is 17. The molecule has 238 valence electrons. The zero-order valence-corrected chi connectivity index (χ0v) is 25.3. The number of nitrogens with one attached hydrogen (secondary N) is 2. The van der Waals surface area contributed by atoms with Crippen molar-refractivity contribution in [3.05, 3.63) is 60.6 Å². The second kappa shape index (κ2) is 15.8. The SMILES string of the molecule is CCOCCOCCOc1nn2ccccc2c1N=C1N=C(Nc2c(OCCOCCOC)nn3ccccc23)C(=N)C=C1N. The second-order valence-corrected chi connectivity index (χ2v) is 9.54. The van der Waals surface area contributed by atoms with E-state index < -0.39 is 0 Å². The summed E-state index contributed by atoms with van der Waals surface area (Å²) in [6, 6.07) is 11.2. The van der Waals surface area contributed by atoms with Crippen LogP contribution in [0.2, 0.25) is 0 Å². The highest BCUT2D eigenvalue weighted by atomic mass is 16.6. The van der Waals surface area contributed by atoms with E-state index in [0.29, 0.717) is 74.9 Å². The molecule has 0 atom stereocenters. The van der Waals surface area contributed by atoms with Crippen LogP contribution in [0.15, 0.2) is 70.5 Å². The summed E-state index contributed by atoms with van der Waals surface area (Å²) in [7, 11) is 1.62. The van der Waals surface area contributed by atoms with Crippen LogP contribution in [0, 0.1) is 5.41 Å². The van der Waals surface area contributed by atoms with Gasteiger partial charge in [0.2, 0.25) is 0 Å². The van der Waals surface area contributed by atoms with Crippen LogP contribution in [0.1, 0.15) is 6.92 Å². The van der Waals surface area contributed by atoms with Crippen molar-refractivity contribution < 1.29 is 28.4 Å². The number of dihydropyridines is 1. The van der Waals surface area contributed by atoms with Gasteiger partial charge in [-0.2, -0.15) is 0 Å². The average Bonchev–Trinajstić information content (AvgIpc) is 3.58. The highest BCUT2D eigenvalue weighted by Crippen LogP contribution is 2.33. The summed E-state index contributed by atoms with van der Waals surface area (Å²) in [5.74, 6) is 1.03. The molecule has 15 nitrogen and oxygen atoms in total. The molecule has 15 heteroatoms. The topological polar surface area (TPSA) is 177 Å². The highest BCUT2D eigenvalue weighted by Gasteiger charge is 2.23. The Hall–Kier alpha value is -4.83. The number of methoxy groups -OCH3 is 1. The maximum absolute atomic E-state index is 8.61. The molecule has 0 fully saturated rings. The third-order valence-corrected chi connectivity index (χ3v) is 6.42. The van der Waals surface area contributed by atoms with E-state index in [1.807, 2.05) is 43.3 Å². The maximum Gasteiger partial charge on any atom is 0.260 e. The number of nitrogens with zero attached hydrogens (tertiary/aromatic N) is 6. The van der Waals surface area contributed by atoms with Crippen LogP contribution in [-0.2, 0) is 18.9 Å². The first-order valence-electron chi connectivity index (χ1n) is 14.5. The van der Waals surface area contributed by atoms with Crippen molar-refractivity contribution >= 4 is 39.8 Å². The molecule has 0 bridgehead atoms. The highest BCUT2D eigenvalue weighted by molar-refractivity contribution is 6.52. The fraction of sp³-hybridized carbons (Fsp3) is 0.367. The Balaban J connectivity index is 1.38. The van der Waals surface area contributed by atoms with Gasteiger partial charge in [0.1, 0.15) is 18.9 Å². The van der Waals surface area contributed by atoms with Crippen LogP contribution in [-0.4, -0.2) is 103 Å². The van der Waals surface area contributed by atoms with Gasteiger partial charge in [0.05, 0.1) is 62.1 Å². The lowest BCUT2D eigenvalue weighted by Crippen LogP contribution is -2.29. The summed E-state index contributed by atoms with van der Waals surface area (Å²) in [6.07, 6.45) is 5.09. The number of ether oxygens (including phenoxy) is 6. The van der Waals surface area contributed by atoms with Crippen molar-refractivity contribution in [1.82, 2.24) is 19.2 Å². The molecule has 0 unspecified atom stereocenters. The molecule has 0 saturated heterocycles. The van der Waals surface area contributed by atoms with E-state index in [1.54, 1.807) is 28.5 Å². The molecule has 5 rings (SSSR count). The number of anilines is 1. The lowest BCUT2D eigenvalue weighted by molar-refractivity contribution is 0.0399. The number of amidine groups is 2. The molecular formula is C30H37N9O6. The number of fused-ring (bicyclic) bond motifs is 2. The molecule has 1 aliphatic heterocycles.